The average Bonchev–Trinajstić information content (AvgIpc) is 2.75. The second kappa shape index (κ2) is 3.64. The van der Waals surface area contributed by atoms with Crippen molar-refractivity contribution in [1.29, 1.82) is 0 Å². The summed E-state index contributed by atoms with van der Waals surface area (Å²) >= 11 is 0. The normalized spacial score (nSPS) is 19.3. The zero-order valence-corrected chi connectivity index (χ0v) is 8.81. The maximum Gasteiger partial charge on any atom is 0.375 e. The highest BCUT2D eigenvalue weighted by Crippen LogP contribution is 2.38. The number of nitrogens with zero attached hydrogens (tertiary/aromatic N) is 3. The van der Waals surface area contributed by atoms with Gasteiger partial charge in [0.25, 0.3) is 5.82 Å². The van der Waals surface area contributed by atoms with Crippen molar-refractivity contribution in [3.8, 4) is 0 Å². The van der Waals surface area contributed by atoms with Gasteiger partial charge in [-0.05, 0) is 18.3 Å². The molecule has 5 nitrogen and oxygen atoms in total. The Hall–Kier alpha value is -1.39. The monoisotopic (exact) mass is 209 g/mol. The molecule has 0 aromatic carbocycles. The zero-order valence-electron chi connectivity index (χ0n) is 8.81. The van der Waals surface area contributed by atoms with E-state index in [4.69, 9.17) is 5.11 Å². The Morgan fingerprint density at radius 1 is 1.60 bits per heavy atom. The van der Waals surface area contributed by atoms with Crippen LogP contribution in [0.25, 0.3) is 0 Å². The summed E-state index contributed by atoms with van der Waals surface area (Å²) in [7, 11) is 0. The number of carboxylic acids is 1. The first kappa shape index (κ1) is 10.1. The fraction of sp³-hybridized carbons (Fsp3) is 0.700. The van der Waals surface area contributed by atoms with Crippen LogP contribution in [0.2, 0.25) is 0 Å². The standard InChI is InChI=1S/C10H15N3O2/c1-10(4-2-3-5-10)6-13-7-11-8(12-13)9(14)15/h7H,2-6H2,1H3,(H,14,15). The summed E-state index contributed by atoms with van der Waals surface area (Å²) in [6.45, 7) is 3.00. The molecule has 5 heteroatoms. The Labute approximate surface area is 88.1 Å². The van der Waals surface area contributed by atoms with E-state index in [0.717, 1.165) is 6.54 Å². The van der Waals surface area contributed by atoms with Gasteiger partial charge in [0, 0.05) is 6.54 Å². The third kappa shape index (κ3) is 2.16. The molecule has 15 heavy (non-hydrogen) atoms. The lowest BCUT2D eigenvalue weighted by Gasteiger charge is -2.22. The van der Waals surface area contributed by atoms with Gasteiger partial charge >= 0.3 is 5.97 Å². The summed E-state index contributed by atoms with van der Waals surface area (Å²) in [6, 6.07) is 0. The lowest BCUT2D eigenvalue weighted by atomic mass is 9.89. The minimum absolute atomic E-state index is 0.114. The Balaban J connectivity index is 2.07. The number of aromatic nitrogens is 3. The van der Waals surface area contributed by atoms with Crippen LogP contribution in [0.1, 0.15) is 43.2 Å². The van der Waals surface area contributed by atoms with E-state index in [9.17, 15) is 4.79 Å². The number of hydrogen-bond acceptors (Lipinski definition) is 3. The summed E-state index contributed by atoms with van der Waals surface area (Å²) in [5, 5.41) is 12.6. The van der Waals surface area contributed by atoms with E-state index >= 15 is 0 Å². The van der Waals surface area contributed by atoms with Gasteiger partial charge in [-0.2, -0.15) is 0 Å². The molecule has 0 spiro atoms. The zero-order chi connectivity index (χ0) is 10.9. The quantitative estimate of drug-likeness (QED) is 0.820. The number of hydrogen-bond donors (Lipinski definition) is 1. The minimum Gasteiger partial charge on any atom is -0.475 e. The maximum atomic E-state index is 10.6. The summed E-state index contributed by atoms with van der Waals surface area (Å²) in [5.74, 6) is -1.18. The van der Waals surface area contributed by atoms with Gasteiger partial charge in [-0.25, -0.2) is 9.78 Å². The van der Waals surface area contributed by atoms with Gasteiger partial charge in [-0.1, -0.05) is 19.8 Å². The van der Waals surface area contributed by atoms with Crippen LogP contribution < -0.4 is 0 Å². The average molecular weight is 209 g/mol. The fourth-order valence-electron chi connectivity index (χ4n) is 2.25. The molecule has 1 saturated carbocycles. The van der Waals surface area contributed by atoms with Gasteiger partial charge in [0.05, 0.1) is 0 Å². The molecule has 0 radical (unpaired) electrons. The Morgan fingerprint density at radius 2 is 2.27 bits per heavy atom. The van der Waals surface area contributed by atoms with Crippen LogP contribution >= 0.6 is 0 Å². The first-order valence-corrected chi connectivity index (χ1v) is 5.22. The topological polar surface area (TPSA) is 68.0 Å². The molecule has 2 rings (SSSR count). The molecular formula is C10H15N3O2. The Kier molecular flexibility index (Phi) is 2.46. The van der Waals surface area contributed by atoms with Crippen molar-refractivity contribution in [3.05, 3.63) is 12.2 Å². The summed E-state index contributed by atoms with van der Waals surface area (Å²) in [6.07, 6.45) is 6.41. The molecule has 1 aliphatic rings. The second-order valence-electron chi connectivity index (χ2n) is 4.59. The van der Waals surface area contributed by atoms with Gasteiger partial charge < -0.3 is 5.11 Å². The highest BCUT2D eigenvalue weighted by molar-refractivity contribution is 5.82. The van der Waals surface area contributed by atoms with Crippen molar-refractivity contribution < 1.29 is 9.90 Å². The van der Waals surface area contributed by atoms with E-state index in [-0.39, 0.29) is 11.2 Å². The molecule has 0 atom stereocenters. The van der Waals surface area contributed by atoms with Gasteiger partial charge in [0.1, 0.15) is 6.33 Å². The van der Waals surface area contributed by atoms with Crippen LogP contribution in [0.4, 0.5) is 0 Å². The SMILES string of the molecule is CC1(Cn2cnc(C(=O)O)n2)CCCC1. The van der Waals surface area contributed by atoms with Crippen molar-refractivity contribution in [2.45, 2.75) is 39.2 Å². The van der Waals surface area contributed by atoms with Crippen LogP contribution in [0, 0.1) is 5.41 Å². The van der Waals surface area contributed by atoms with Gasteiger partial charge in [-0.15, -0.1) is 5.10 Å². The third-order valence-electron chi connectivity index (χ3n) is 3.08. The van der Waals surface area contributed by atoms with Crippen LogP contribution in [-0.2, 0) is 6.54 Å². The largest absolute Gasteiger partial charge is 0.475 e. The smallest absolute Gasteiger partial charge is 0.375 e. The predicted octanol–water partition coefficient (Wildman–Crippen LogP) is 1.56. The van der Waals surface area contributed by atoms with Crippen molar-refractivity contribution >= 4 is 5.97 Å². The molecule has 0 saturated heterocycles. The third-order valence-corrected chi connectivity index (χ3v) is 3.08. The molecule has 0 bridgehead atoms. The van der Waals surface area contributed by atoms with E-state index in [1.165, 1.54) is 32.0 Å². The van der Waals surface area contributed by atoms with Gasteiger partial charge in [-0.3, -0.25) is 4.68 Å². The molecule has 1 aliphatic carbocycles. The molecule has 1 N–H and O–H groups in total. The summed E-state index contributed by atoms with van der Waals surface area (Å²) in [4.78, 5) is 14.3. The molecular weight excluding hydrogens is 194 g/mol. The molecule has 1 aromatic heterocycles. The highest BCUT2D eigenvalue weighted by atomic mass is 16.4. The van der Waals surface area contributed by atoms with Gasteiger partial charge in [0.15, 0.2) is 0 Å². The van der Waals surface area contributed by atoms with Crippen molar-refractivity contribution in [2.75, 3.05) is 0 Å². The van der Waals surface area contributed by atoms with E-state index < -0.39 is 5.97 Å². The van der Waals surface area contributed by atoms with E-state index in [0.29, 0.717) is 0 Å². The summed E-state index contributed by atoms with van der Waals surface area (Å²) < 4.78 is 1.65. The number of carbonyl (C=O) groups is 1. The van der Waals surface area contributed by atoms with Crippen LogP contribution in [0.3, 0.4) is 0 Å². The van der Waals surface area contributed by atoms with Crippen LogP contribution in [-0.4, -0.2) is 25.8 Å². The molecule has 82 valence electrons. The molecule has 1 fully saturated rings. The highest BCUT2D eigenvalue weighted by Gasteiger charge is 2.29. The number of carboxylic acid groups (broad SMARTS) is 1. The van der Waals surface area contributed by atoms with Crippen molar-refractivity contribution in [2.24, 2.45) is 5.41 Å². The lowest BCUT2D eigenvalue weighted by Crippen LogP contribution is -2.20. The van der Waals surface area contributed by atoms with Gasteiger partial charge in [0.2, 0.25) is 0 Å². The number of rotatable bonds is 3. The second-order valence-corrected chi connectivity index (χ2v) is 4.59. The first-order valence-electron chi connectivity index (χ1n) is 5.22. The maximum absolute atomic E-state index is 10.6. The predicted molar refractivity (Wildman–Crippen MR) is 53.6 cm³/mol. The molecule has 1 heterocycles. The van der Waals surface area contributed by atoms with E-state index in [1.807, 2.05) is 0 Å². The van der Waals surface area contributed by atoms with E-state index in [1.54, 1.807) is 4.68 Å². The molecule has 0 amide bonds. The molecule has 0 aliphatic heterocycles. The lowest BCUT2D eigenvalue weighted by molar-refractivity contribution is 0.0682. The van der Waals surface area contributed by atoms with E-state index in [2.05, 4.69) is 17.0 Å². The first-order chi connectivity index (χ1) is 7.09. The minimum atomic E-state index is -1.06. The van der Waals surface area contributed by atoms with Crippen molar-refractivity contribution in [3.63, 3.8) is 0 Å². The van der Waals surface area contributed by atoms with Crippen LogP contribution in [0.15, 0.2) is 6.33 Å². The summed E-state index contributed by atoms with van der Waals surface area (Å²) in [5.41, 5.74) is 0.267. The Morgan fingerprint density at radius 3 is 2.80 bits per heavy atom. The Bertz CT molecular complexity index is 366. The number of aromatic carboxylic acids is 1. The molecule has 1 aromatic rings. The van der Waals surface area contributed by atoms with Crippen LogP contribution in [0.5, 0.6) is 0 Å². The van der Waals surface area contributed by atoms with Crippen molar-refractivity contribution in [1.82, 2.24) is 14.8 Å². The fourth-order valence-corrected chi connectivity index (χ4v) is 2.25. The molecule has 0 unspecified atom stereocenters.